The van der Waals surface area contributed by atoms with Crippen LogP contribution in [0, 0.1) is 13.8 Å². The average molecular weight is 326 g/mol. The fourth-order valence-corrected chi connectivity index (χ4v) is 2.85. The third-order valence-corrected chi connectivity index (χ3v) is 4.20. The molecule has 0 saturated heterocycles. The van der Waals surface area contributed by atoms with Gasteiger partial charge in [0, 0.05) is 5.02 Å². The van der Waals surface area contributed by atoms with Crippen molar-refractivity contribution in [2.24, 2.45) is 5.14 Å². The van der Waals surface area contributed by atoms with Crippen LogP contribution in [0.5, 0.6) is 5.75 Å². The van der Waals surface area contributed by atoms with Crippen LogP contribution in [-0.2, 0) is 16.6 Å². The van der Waals surface area contributed by atoms with Crippen molar-refractivity contribution in [2.45, 2.75) is 25.3 Å². The number of halogens is 1. The summed E-state index contributed by atoms with van der Waals surface area (Å²) in [7, 11) is -3.71. The summed E-state index contributed by atoms with van der Waals surface area (Å²) < 4.78 is 28.6. The highest BCUT2D eigenvalue weighted by atomic mass is 35.5. The van der Waals surface area contributed by atoms with Gasteiger partial charge in [0.15, 0.2) is 0 Å². The second-order valence-electron chi connectivity index (χ2n) is 4.85. The molecule has 2 N–H and O–H groups in total. The number of primary sulfonamides is 1. The van der Waals surface area contributed by atoms with Crippen LogP contribution >= 0.6 is 11.6 Å². The molecule has 2 rings (SSSR count). The second kappa shape index (κ2) is 6.05. The van der Waals surface area contributed by atoms with Gasteiger partial charge in [-0.3, -0.25) is 0 Å². The highest BCUT2D eigenvalue weighted by Gasteiger charge is 2.13. The van der Waals surface area contributed by atoms with Gasteiger partial charge in [-0.05, 0) is 54.8 Å². The van der Waals surface area contributed by atoms with Gasteiger partial charge in [0.1, 0.15) is 12.4 Å². The van der Waals surface area contributed by atoms with E-state index in [-0.39, 0.29) is 4.90 Å². The SMILES string of the molecule is Cc1cc(S(N)(=O)=O)cc(C)c1OCc1ccc(Cl)cc1. The van der Waals surface area contributed by atoms with Crippen molar-refractivity contribution in [1.82, 2.24) is 0 Å². The third kappa shape index (κ3) is 3.97. The molecule has 0 heterocycles. The summed E-state index contributed by atoms with van der Waals surface area (Å²) in [6.45, 7) is 3.96. The lowest BCUT2D eigenvalue weighted by Gasteiger charge is -2.13. The van der Waals surface area contributed by atoms with Gasteiger partial charge in [0.05, 0.1) is 4.90 Å². The molecule has 0 saturated carbocycles. The zero-order valence-electron chi connectivity index (χ0n) is 11.8. The Labute approximate surface area is 129 Å². The summed E-state index contributed by atoms with van der Waals surface area (Å²) in [4.78, 5) is 0.0938. The van der Waals surface area contributed by atoms with E-state index in [1.807, 2.05) is 12.1 Å². The first-order valence-electron chi connectivity index (χ1n) is 6.28. The largest absolute Gasteiger partial charge is 0.488 e. The van der Waals surface area contributed by atoms with Crippen molar-refractivity contribution in [2.75, 3.05) is 0 Å². The molecule has 0 aliphatic heterocycles. The van der Waals surface area contributed by atoms with Gasteiger partial charge < -0.3 is 4.74 Å². The number of aryl methyl sites for hydroxylation is 2. The standard InChI is InChI=1S/C15H16ClNO3S/c1-10-7-14(21(17,18)19)8-11(2)15(10)20-9-12-3-5-13(16)6-4-12/h3-8H,9H2,1-2H3,(H2,17,18,19). The highest BCUT2D eigenvalue weighted by molar-refractivity contribution is 7.89. The van der Waals surface area contributed by atoms with Gasteiger partial charge in [-0.25, -0.2) is 13.6 Å². The zero-order valence-corrected chi connectivity index (χ0v) is 13.3. The molecule has 112 valence electrons. The number of benzene rings is 2. The Bertz CT molecular complexity index is 732. The quantitative estimate of drug-likeness (QED) is 0.938. The summed E-state index contributed by atoms with van der Waals surface area (Å²) in [5, 5.41) is 5.81. The lowest BCUT2D eigenvalue weighted by Crippen LogP contribution is -2.13. The minimum absolute atomic E-state index is 0.0938. The Kier molecular flexibility index (Phi) is 4.56. The van der Waals surface area contributed by atoms with Crippen molar-refractivity contribution in [3.8, 4) is 5.75 Å². The number of ether oxygens (including phenoxy) is 1. The summed E-state index contributed by atoms with van der Waals surface area (Å²) in [5.74, 6) is 0.664. The van der Waals surface area contributed by atoms with Crippen LogP contribution in [0.1, 0.15) is 16.7 Å². The van der Waals surface area contributed by atoms with Crippen LogP contribution in [0.2, 0.25) is 5.02 Å². The molecule has 0 bridgehead atoms. The first-order chi connectivity index (χ1) is 9.77. The number of nitrogens with two attached hydrogens (primary N) is 1. The highest BCUT2D eigenvalue weighted by Crippen LogP contribution is 2.27. The molecule has 0 fully saturated rings. The molecule has 2 aromatic carbocycles. The van der Waals surface area contributed by atoms with E-state index in [4.69, 9.17) is 21.5 Å². The van der Waals surface area contributed by atoms with E-state index in [1.54, 1.807) is 26.0 Å². The molecule has 21 heavy (non-hydrogen) atoms. The third-order valence-electron chi connectivity index (χ3n) is 3.06. The minimum Gasteiger partial charge on any atom is -0.488 e. The predicted molar refractivity (Wildman–Crippen MR) is 83.1 cm³/mol. The van der Waals surface area contributed by atoms with E-state index in [0.717, 1.165) is 16.7 Å². The molecule has 0 aliphatic carbocycles. The second-order valence-corrected chi connectivity index (χ2v) is 6.84. The van der Waals surface area contributed by atoms with Gasteiger partial charge >= 0.3 is 0 Å². The number of rotatable bonds is 4. The van der Waals surface area contributed by atoms with Crippen LogP contribution < -0.4 is 9.88 Å². The minimum atomic E-state index is -3.71. The fraction of sp³-hybridized carbons (Fsp3) is 0.200. The average Bonchev–Trinajstić information content (AvgIpc) is 2.38. The van der Waals surface area contributed by atoms with E-state index in [0.29, 0.717) is 17.4 Å². The fourth-order valence-electron chi connectivity index (χ4n) is 2.04. The molecule has 2 aromatic rings. The molecule has 0 aromatic heterocycles. The lowest BCUT2D eigenvalue weighted by molar-refractivity contribution is 0.301. The first-order valence-corrected chi connectivity index (χ1v) is 8.21. The summed E-state index contributed by atoms with van der Waals surface area (Å²) in [5.41, 5.74) is 2.44. The van der Waals surface area contributed by atoms with Gasteiger partial charge in [-0.15, -0.1) is 0 Å². The molecule has 0 radical (unpaired) electrons. The van der Waals surface area contributed by atoms with Gasteiger partial charge in [0.25, 0.3) is 0 Å². The maximum atomic E-state index is 11.4. The Hall–Kier alpha value is -1.56. The monoisotopic (exact) mass is 325 g/mol. The number of sulfonamides is 1. The van der Waals surface area contributed by atoms with Crippen molar-refractivity contribution in [3.63, 3.8) is 0 Å². The molecular weight excluding hydrogens is 310 g/mol. The summed E-state index contributed by atoms with van der Waals surface area (Å²) in [6.07, 6.45) is 0. The molecule has 0 amide bonds. The Morgan fingerprint density at radius 3 is 2.10 bits per heavy atom. The van der Waals surface area contributed by atoms with E-state index in [9.17, 15) is 8.42 Å². The molecule has 6 heteroatoms. The van der Waals surface area contributed by atoms with Crippen molar-refractivity contribution >= 4 is 21.6 Å². The molecular formula is C15H16ClNO3S. The summed E-state index contributed by atoms with van der Waals surface area (Å²) >= 11 is 5.83. The van der Waals surface area contributed by atoms with Crippen LogP contribution in [0.25, 0.3) is 0 Å². The van der Waals surface area contributed by atoms with E-state index in [2.05, 4.69) is 0 Å². The zero-order chi connectivity index (χ0) is 15.6. The van der Waals surface area contributed by atoms with Crippen LogP contribution in [0.15, 0.2) is 41.3 Å². The van der Waals surface area contributed by atoms with Crippen molar-refractivity contribution in [3.05, 3.63) is 58.1 Å². The van der Waals surface area contributed by atoms with Crippen molar-refractivity contribution < 1.29 is 13.2 Å². The first kappa shape index (κ1) is 15.8. The lowest BCUT2D eigenvalue weighted by atomic mass is 10.1. The predicted octanol–water partition coefficient (Wildman–Crippen LogP) is 3.18. The van der Waals surface area contributed by atoms with Crippen molar-refractivity contribution in [1.29, 1.82) is 0 Å². The summed E-state index contributed by atoms with van der Waals surface area (Å²) in [6, 6.07) is 10.4. The Morgan fingerprint density at radius 1 is 1.10 bits per heavy atom. The molecule has 0 aliphatic rings. The molecule has 0 spiro atoms. The Balaban J connectivity index is 2.23. The van der Waals surface area contributed by atoms with Crippen LogP contribution in [0.3, 0.4) is 0 Å². The van der Waals surface area contributed by atoms with E-state index < -0.39 is 10.0 Å². The van der Waals surface area contributed by atoms with Gasteiger partial charge in [0.2, 0.25) is 10.0 Å². The molecule has 0 unspecified atom stereocenters. The number of hydrogen-bond donors (Lipinski definition) is 1. The topological polar surface area (TPSA) is 69.4 Å². The maximum Gasteiger partial charge on any atom is 0.238 e. The van der Waals surface area contributed by atoms with Crippen LogP contribution in [-0.4, -0.2) is 8.42 Å². The maximum absolute atomic E-state index is 11.4. The van der Waals surface area contributed by atoms with Gasteiger partial charge in [-0.1, -0.05) is 23.7 Å². The smallest absolute Gasteiger partial charge is 0.238 e. The molecule has 4 nitrogen and oxygen atoms in total. The Morgan fingerprint density at radius 2 is 1.62 bits per heavy atom. The van der Waals surface area contributed by atoms with E-state index >= 15 is 0 Å². The van der Waals surface area contributed by atoms with Gasteiger partial charge in [-0.2, -0.15) is 0 Å². The van der Waals surface area contributed by atoms with Crippen LogP contribution in [0.4, 0.5) is 0 Å². The van der Waals surface area contributed by atoms with E-state index in [1.165, 1.54) is 12.1 Å². The normalized spacial score (nSPS) is 11.4. The number of hydrogen-bond acceptors (Lipinski definition) is 3. The molecule has 0 atom stereocenters.